The normalized spacial score (nSPS) is 13.1. The van der Waals surface area contributed by atoms with Gasteiger partial charge in [-0.15, -0.1) is 0 Å². The van der Waals surface area contributed by atoms with Crippen molar-refractivity contribution in [2.75, 3.05) is 5.73 Å². The zero-order valence-corrected chi connectivity index (χ0v) is 15.0. The van der Waals surface area contributed by atoms with Crippen molar-refractivity contribution in [3.05, 3.63) is 59.3 Å². The first kappa shape index (κ1) is 17.3. The first-order valence-electron chi connectivity index (χ1n) is 8.19. The monoisotopic (exact) mass is 383 g/mol. The van der Waals surface area contributed by atoms with E-state index in [1.807, 2.05) is 18.2 Å². The molecule has 0 saturated carbocycles. The number of aryl methyl sites for hydroxylation is 1. The number of nitrogens with zero attached hydrogens (tertiary/aromatic N) is 2. The number of benzene rings is 2. The summed E-state index contributed by atoms with van der Waals surface area (Å²) in [6.07, 6.45) is 1.37. The van der Waals surface area contributed by atoms with Crippen LogP contribution in [0, 0.1) is 0 Å². The zero-order valence-electron chi connectivity index (χ0n) is 14.2. The van der Waals surface area contributed by atoms with Gasteiger partial charge in [-0.25, -0.2) is 18.2 Å². The maximum Gasteiger partial charge on any atom is 0.269 e. The third kappa shape index (κ3) is 2.86. The molecule has 6 N–H and O–H groups in total. The number of sulfonamides is 1. The van der Waals surface area contributed by atoms with Gasteiger partial charge in [-0.2, -0.15) is 5.10 Å². The van der Waals surface area contributed by atoms with E-state index in [1.165, 1.54) is 12.1 Å². The van der Waals surface area contributed by atoms with Gasteiger partial charge >= 0.3 is 0 Å². The quantitative estimate of drug-likeness (QED) is 0.576. The fourth-order valence-electron chi connectivity index (χ4n) is 3.42. The predicted molar refractivity (Wildman–Crippen MR) is 101 cm³/mol. The largest absolute Gasteiger partial charge is 0.399 e. The van der Waals surface area contributed by atoms with Gasteiger partial charge in [-0.3, -0.25) is 4.79 Å². The molecule has 0 fully saturated rings. The van der Waals surface area contributed by atoms with E-state index in [1.54, 1.807) is 16.8 Å². The van der Waals surface area contributed by atoms with Crippen LogP contribution < -0.4 is 16.6 Å². The van der Waals surface area contributed by atoms with E-state index in [0.29, 0.717) is 17.8 Å². The lowest BCUT2D eigenvalue weighted by molar-refractivity contribution is 0.0994. The fourth-order valence-corrected chi connectivity index (χ4v) is 3.93. The Morgan fingerprint density at radius 3 is 2.41 bits per heavy atom. The Morgan fingerprint density at radius 1 is 1.07 bits per heavy atom. The van der Waals surface area contributed by atoms with Crippen molar-refractivity contribution >= 4 is 21.6 Å². The number of hydrogen-bond donors (Lipinski definition) is 3. The van der Waals surface area contributed by atoms with Crippen LogP contribution in [0.5, 0.6) is 0 Å². The van der Waals surface area contributed by atoms with Crippen molar-refractivity contribution in [3.8, 4) is 16.9 Å². The minimum Gasteiger partial charge on any atom is -0.399 e. The SMILES string of the molecule is NC(=O)c1nn(-c2ccc(S(N)(=O)=O)cc2)c2c1CCc1ccc(N)cc1-2. The molecule has 0 unspecified atom stereocenters. The average Bonchev–Trinajstić information content (AvgIpc) is 3.01. The van der Waals surface area contributed by atoms with Crippen molar-refractivity contribution in [2.45, 2.75) is 17.7 Å². The number of amides is 1. The van der Waals surface area contributed by atoms with Gasteiger partial charge in [0.2, 0.25) is 10.0 Å². The Bertz CT molecular complexity index is 1180. The Kier molecular flexibility index (Phi) is 3.79. The molecule has 3 aromatic rings. The minimum atomic E-state index is -3.80. The standard InChI is InChI=1S/C18H17N5O3S/c19-11-3-1-10-2-8-14-16(18(20)24)22-23(17(14)15(10)9-11)12-4-6-13(7-5-12)27(21,25)26/h1,3-7,9H,2,8,19H2,(H2,20,24)(H2,21,25,26). The van der Waals surface area contributed by atoms with Gasteiger partial charge in [0.15, 0.2) is 5.69 Å². The van der Waals surface area contributed by atoms with Gasteiger partial charge in [-0.05, 0) is 54.8 Å². The molecule has 0 spiro atoms. The number of fused-ring (bicyclic) bond motifs is 3. The first-order valence-corrected chi connectivity index (χ1v) is 9.74. The van der Waals surface area contributed by atoms with Crippen LogP contribution in [0.3, 0.4) is 0 Å². The average molecular weight is 383 g/mol. The Labute approximate surface area is 155 Å². The number of primary sulfonamides is 1. The lowest BCUT2D eigenvalue weighted by atomic mass is 9.88. The van der Waals surface area contributed by atoms with E-state index in [2.05, 4.69) is 5.10 Å². The number of primary amides is 1. The number of anilines is 1. The molecule has 0 atom stereocenters. The molecule has 8 nitrogen and oxygen atoms in total. The number of nitrogen functional groups attached to an aromatic ring is 1. The summed E-state index contributed by atoms with van der Waals surface area (Å²) in [6, 6.07) is 11.6. The van der Waals surface area contributed by atoms with Crippen LogP contribution in [-0.4, -0.2) is 24.1 Å². The highest BCUT2D eigenvalue weighted by atomic mass is 32.2. The van der Waals surface area contributed by atoms with Crippen molar-refractivity contribution in [1.29, 1.82) is 0 Å². The van der Waals surface area contributed by atoms with Crippen LogP contribution in [0.1, 0.15) is 21.6 Å². The van der Waals surface area contributed by atoms with E-state index in [9.17, 15) is 13.2 Å². The molecule has 0 bridgehead atoms. The van der Waals surface area contributed by atoms with Crippen LogP contribution in [0.15, 0.2) is 47.4 Å². The topological polar surface area (TPSA) is 147 Å². The van der Waals surface area contributed by atoms with Crippen LogP contribution in [0.25, 0.3) is 16.9 Å². The molecule has 9 heteroatoms. The third-order valence-corrected chi connectivity index (χ3v) is 5.59. The molecule has 0 radical (unpaired) electrons. The second-order valence-corrected chi connectivity index (χ2v) is 7.97. The van der Waals surface area contributed by atoms with Gasteiger partial charge in [0.25, 0.3) is 5.91 Å². The summed E-state index contributed by atoms with van der Waals surface area (Å²) >= 11 is 0. The highest BCUT2D eigenvalue weighted by Gasteiger charge is 2.28. The van der Waals surface area contributed by atoms with Gasteiger partial charge in [0.1, 0.15) is 0 Å². The second kappa shape index (κ2) is 5.93. The van der Waals surface area contributed by atoms with Crippen molar-refractivity contribution in [1.82, 2.24) is 9.78 Å². The maximum atomic E-state index is 11.9. The fraction of sp³-hybridized carbons (Fsp3) is 0.111. The summed E-state index contributed by atoms with van der Waals surface area (Å²) in [6.45, 7) is 0. The van der Waals surface area contributed by atoms with Gasteiger partial charge in [-0.1, -0.05) is 6.07 Å². The summed E-state index contributed by atoms with van der Waals surface area (Å²) in [7, 11) is -3.80. The van der Waals surface area contributed by atoms with E-state index in [0.717, 1.165) is 28.8 Å². The summed E-state index contributed by atoms with van der Waals surface area (Å²) in [5, 5.41) is 9.56. The zero-order chi connectivity index (χ0) is 19.3. The van der Waals surface area contributed by atoms with Crippen molar-refractivity contribution in [3.63, 3.8) is 0 Å². The lowest BCUT2D eigenvalue weighted by Gasteiger charge is -2.19. The highest BCUT2D eigenvalue weighted by molar-refractivity contribution is 7.89. The molecule has 1 aliphatic carbocycles. The number of aromatic nitrogens is 2. The van der Waals surface area contributed by atoms with Gasteiger partial charge < -0.3 is 11.5 Å². The number of hydrogen-bond acceptors (Lipinski definition) is 5. The maximum absolute atomic E-state index is 11.9. The molecule has 138 valence electrons. The minimum absolute atomic E-state index is 0.00737. The molecule has 2 aromatic carbocycles. The number of nitrogens with two attached hydrogens (primary N) is 3. The molecule has 1 heterocycles. The van der Waals surface area contributed by atoms with Crippen molar-refractivity contribution < 1.29 is 13.2 Å². The smallest absolute Gasteiger partial charge is 0.269 e. The van der Waals surface area contributed by atoms with Gasteiger partial charge in [0, 0.05) is 16.8 Å². The molecule has 0 saturated heterocycles. The summed E-state index contributed by atoms with van der Waals surface area (Å²) in [5.41, 5.74) is 16.3. The molecule has 4 rings (SSSR count). The van der Waals surface area contributed by atoms with Crippen molar-refractivity contribution in [2.24, 2.45) is 10.9 Å². The Morgan fingerprint density at radius 2 is 1.78 bits per heavy atom. The molecule has 1 aliphatic rings. The van der Waals surface area contributed by atoms with E-state index in [-0.39, 0.29) is 10.6 Å². The predicted octanol–water partition coefficient (Wildman–Crippen LogP) is 0.966. The van der Waals surface area contributed by atoms with E-state index >= 15 is 0 Å². The molecule has 27 heavy (non-hydrogen) atoms. The molecule has 1 aromatic heterocycles. The highest BCUT2D eigenvalue weighted by Crippen LogP contribution is 2.37. The number of carbonyl (C=O) groups is 1. The van der Waals surface area contributed by atoms with Crippen LogP contribution in [0.2, 0.25) is 0 Å². The second-order valence-electron chi connectivity index (χ2n) is 6.41. The van der Waals surface area contributed by atoms with E-state index < -0.39 is 15.9 Å². The van der Waals surface area contributed by atoms with Gasteiger partial charge in [0.05, 0.1) is 16.3 Å². The van der Waals surface area contributed by atoms with E-state index in [4.69, 9.17) is 16.6 Å². The molecule has 0 aliphatic heterocycles. The third-order valence-electron chi connectivity index (χ3n) is 4.66. The van der Waals surface area contributed by atoms with Crippen LogP contribution >= 0.6 is 0 Å². The molecular formula is C18H17N5O3S. The van der Waals surface area contributed by atoms with Crippen LogP contribution in [0.4, 0.5) is 5.69 Å². The molecular weight excluding hydrogens is 366 g/mol. The Balaban J connectivity index is 1.96. The lowest BCUT2D eigenvalue weighted by Crippen LogP contribution is -2.15. The first-order chi connectivity index (χ1) is 12.8. The summed E-state index contributed by atoms with van der Waals surface area (Å²) in [4.78, 5) is 11.9. The summed E-state index contributed by atoms with van der Waals surface area (Å²) < 4.78 is 24.6. The summed E-state index contributed by atoms with van der Waals surface area (Å²) in [5.74, 6) is -0.612. The molecule has 1 amide bonds. The Hall–Kier alpha value is -3.17. The number of carbonyl (C=O) groups excluding carboxylic acids is 1. The number of rotatable bonds is 3. The van der Waals surface area contributed by atoms with Crippen LogP contribution in [-0.2, 0) is 22.9 Å².